The Bertz CT molecular complexity index is 1240. The van der Waals surface area contributed by atoms with Gasteiger partial charge in [-0.25, -0.2) is 4.98 Å². The highest BCUT2D eigenvalue weighted by Gasteiger charge is 2.17. The monoisotopic (exact) mass is 408 g/mol. The maximum atomic E-state index is 12.6. The summed E-state index contributed by atoms with van der Waals surface area (Å²) in [6.07, 6.45) is 0.138. The minimum atomic E-state index is -0.200. The van der Waals surface area contributed by atoms with Gasteiger partial charge < -0.3 is 11.1 Å². The molecule has 3 N–H and O–H groups in total. The van der Waals surface area contributed by atoms with E-state index in [0.717, 1.165) is 27.4 Å². The first-order valence-corrected chi connectivity index (χ1v) is 9.83. The molecule has 29 heavy (non-hydrogen) atoms. The molecule has 1 aromatic carbocycles. The number of amides is 1. The molecule has 9 nitrogen and oxygen atoms in total. The molecule has 0 fully saturated rings. The number of hydrogen-bond donors (Lipinski definition) is 2. The van der Waals surface area contributed by atoms with Crippen LogP contribution in [0.3, 0.4) is 0 Å². The molecule has 0 saturated heterocycles. The molecule has 0 atom stereocenters. The van der Waals surface area contributed by atoms with Crippen molar-refractivity contribution in [3.05, 3.63) is 46.3 Å². The number of nitrogen functional groups attached to an aromatic ring is 1. The molecule has 0 radical (unpaired) electrons. The largest absolute Gasteiger partial charge is 0.366 e. The van der Waals surface area contributed by atoms with Crippen molar-refractivity contribution < 1.29 is 4.79 Å². The molecule has 4 rings (SSSR count). The number of carbonyl (C=O) groups is 1. The summed E-state index contributed by atoms with van der Waals surface area (Å²) in [5.41, 5.74) is 11.2. The maximum absolute atomic E-state index is 12.6. The molecule has 10 heteroatoms. The van der Waals surface area contributed by atoms with Gasteiger partial charge in [0.15, 0.2) is 0 Å². The zero-order valence-electron chi connectivity index (χ0n) is 16.5. The van der Waals surface area contributed by atoms with Crippen molar-refractivity contribution in [1.82, 2.24) is 29.8 Å². The lowest BCUT2D eigenvalue weighted by molar-refractivity contribution is -0.115. The van der Waals surface area contributed by atoms with Crippen LogP contribution in [-0.2, 0) is 11.2 Å². The van der Waals surface area contributed by atoms with Crippen LogP contribution < -0.4 is 11.1 Å². The van der Waals surface area contributed by atoms with Crippen molar-refractivity contribution in [2.75, 3.05) is 11.1 Å². The predicted molar refractivity (Wildman–Crippen MR) is 112 cm³/mol. The van der Waals surface area contributed by atoms with Gasteiger partial charge in [0.05, 0.1) is 6.42 Å². The summed E-state index contributed by atoms with van der Waals surface area (Å²) in [5.74, 6) is 0.368. The fraction of sp³-hybridized carbons (Fsp3) is 0.263. The van der Waals surface area contributed by atoms with Gasteiger partial charge in [0, 0.05) is 22.5 Å². The van der Waals surface area contributed by atoms with E-state index in [9.17, 15) is 4.79 Å². The number of anilines is 2. The summed E-state index contributed by atoms with van der Waals surface area (Å²) in [7, 11) is 0. The molecule has 4 aromatic rings. The van der Waals surface area contributed by atoms with Gasteiger partial charge in [-0.2, -0.15) is 9.50 Å². The topological polar surface area (TPSA) is 124 Å². The van der Waals surface area contributed by atoms with Gasteiger partial charge in [0.2, 0.25) is 17.0 Å². The lowest BCUT2D eigenvalue weighted by Gasteiger charge is -2.09. The van der Waals surface area contributed by atoms with E-state index < -0.39 is 0 Å². The molecule has 0 aliphatic rings. The molecule has 0 bridgehead atoms. The van der Waals surface area contributed by atoms with Crippen molar-refractivity contribution >= 4 is 34.1 Å². The third kappa shape index (κ3) is 3.66. The summed E-state index contributed by atoms with van der Waals surface area (Å²) < 4.78 is 1.55. The molecule has 0 saturated carbocycles. The molecule has 3 aromatic heterocycles. The van der Waals surface area contributed by atoms with Crippen molar-refractivity contribution in [1.29, 1.82) is 0 Å². The van der Waals surface area contributed by atoms with Crippen LogP contribution in [0, 0.1) is 27.7 Å². The minimum absolute atomic E-state index is 0.138. The van der Waals surface area contributed by atoms with Gasteiger partial charge in [-0.3, -0.25) is 4.79 Å². The van der Waals surface area contributed by atoms with E-state index in [0.29, 0.717) is 16.6 Å². The Morgan fingerprint density at radius 3 is 2.72 bits per heavy atom. The van der Waals surface area contributed by atoms with E-state index >= 15 is 0 Å². The zero-order chi connectivity index (χ0) is 20.7. The average Bonchev–Trinajstić information content (AvgIpc) is 3.25. The summed E-state index contributed by atoms with van der Waals surface area (Å²) in [5, 5.41) is 16.5. The van der Waals surface area contributed by atoms with E-state index in [4.69, 9.17) is 5.73 Å². The molecule has 1 amide bonds. The van der Waals surface area contributed by atoms with E-state index in [1.54, 1.807) is 4.52 Å². The van der Waals surface area contributed by atoms with E-state index in [-0.39, 0.29) is 18.3 Å². The van der Waals surface area contributed by atoms with Crippen LogP contribution in [0.4, 0.5) is 11.1 Å². The van der Waals surface area contributed by atoms with Crippen LogP contribution in [0.5, 0.6) is 0 Å². The fourth-order valence-electron chi connectivity index (χ4n) is 3.24. The summed E-state index contributed by atoms with van der Waals surface area (Å²) >= 11 is 1.35. The molecule has 0 spiro atoms. The summed E-state index contributed by atoms with van der Waals surface area (Å²) in [6, 6.07) is 6.16. The number of aryl methyl sites for hydroxylation is 4. The molecule has 3 heterocycles. The molecular formula is C19H20N8OS. The van der Waals surface area contributed by atoms with E-state index in [1.807, 2.05) is 39.8 Å². The number of benzene rings is 1. The highest BCUT2D eigenvalue weighted by Crippen LogP contribution is 2.29. The average molecular weight is 408 g/mol. The fourth-order valence-corrected chi connectivity index (χ4v) is 4.09. The van der Waals surface area contributed by atoms with Gasteiger partial charge in [-0.05, 0) is 33.3 Å². The second-order valence-electron chi connectivity index (χ2n) is 6.90. The molecule has 0 aliphatic carbocycles. The second kappa shape index (κ2) is 7.21. The van der Waals surface area contributed by atoms with Crippen LogP contribution >= 0.6 is 11.3 Å². The van der Waals surface area contributed by atoms with Gasteiger partial charge in [0.25, 0.3) is 5.78 Å². The second-order valence-corrected chi connectivity index (χ2v) is 7.88. The van der Waals surface area contributed by atoms with Crippen molar-refractivity contribution in [2.24, 2.45) is 0 Å². The number of aromatic nitrogens is 6. The minimum Gasteiger partial charge on any atom is -0.366 e. The third-order valence-corrected chi connectivity index (χ3v) is 5.56. The maximum Gasteiger partial charge on any atom is 0.254 e. The Kier molecular flexibility index (Phi) is 4.71. The molecule has 0 unspecified atom stereocenters. The van der Waals surface area contributed by atoms with E-state index in [1.165, 1.54) is 16.9 Å². The Hall–Kier alpha value is -3.40. The molecule has 0 aliphatic heterocycles. The van der Waals surface area contributed by atoms with Gasteiger partial charge in [-0.1, -0.05) is 35.1 Å². The number of nitrogens with two attached hydrogens (primary N) is 1. The summed E-state index contributed by atoms with van der Waals surface area (Å²) in [6.45, 7) is 7.78. The highest BCUT2D eigenvalue weighted by atomic mass is 32.1. The van der Waals surface area contributed by atoms with Crippen molar-refractivity contribution in [3.8, 4) is 10.6 Å². The number of carbonyl (C=O) groups excluding carboxylic acids is 1. The van der Waals surface area contributed by atoms with Crippen LogP contribution in [0.15, 0.2) is 18.2 Å². The summed E-state index contributed by atoms with van der Waals surface area (Å²) in [4.78, 5) is 21.1. The van der Waals surface area contributed by atoms with Crippen molar-refractivity contribution in [2.45, 2.75) is 34.1 Å². The molecular weight excluding hydrogens is 388 g/mol. The number of nitrogens with one attached hydrogen (secondary N) is 1. The van der Waals surface area contributed by atoms with Crippen LogP contribution in [-0.4, -0.2) is 35.7 Å². The first-order chi connectivity index (χ1) is 13.8. The number of fused-ring (bicyclic) bond motifs is 1. The van der Waals surface area contributed by atoms with Crippen LogP contribution in [0.2, 0.25) is 0 Å². The Morgan fingerprint density at radius 1 is 1.17 bits per heavy atom. The lowest BCUT2D eigenvalue weighted by Crippen LogP contribution is -2.17. The number of hydrogen-bond acceptors (Lipinski definition) is 8. The predicted octanol–water partition coefficient (Wildman–Crippen LogP) is 2.64. The third-order valence-electron chi connectivity index (χ3n) is 4.69. The molecule has 148 valence electrons. The van der Waals surface area contributed by atoms with Gasteiger partial charge in [0.1, 0.15) is 5.01 Å². The normalized spacial score (nSPS) is 11.2. The smallest absolute Gasteiger partial charge is 0.254 e. The van der Waals surface area contributed by atoms with E-state index in [2.05, 4.69) is 36.6 Å². The first kappa shape index (κ1) is 18.9. The standard InChI is InChI=1S/C19H20N8OS/c1-9-5-6-13(10(2)7-9)16-24-25-19(29-16)22-15(28)8-14-11(3)21-18-23-17(20)26-27(18)12(14)4/h5-7H,8H2,1-4H3,(H2,20,26)(H,22,25,28). The quantitative estimate of drug-likeness (QED) is 0.532. The van der Waals surface area contributed by atoms with Crippen LogP contribution in [0.25, 0.3) is 16.3 Å². The Balaban J connectivity index is 1.54. The number of nitrogens with zero attached hydrogens (tertiary/aromatic N) is 6. The Labute approximate surface area is 171 Å². The SMILES string of the molecule is Cc1ccc(-c2nnc(NC(=O)Cc3c(C)nc4nc(N)nn4c3C)s2)c(C)c1. The first-order valence-electron chi connectivity index (χ1n) is 9.01. The highest BCUT2D eigenvalue weighted by molar-refractivity contribution is 7.18. The number of rotatable bonds is 4. The van der Waals surface area contributed by atoms with Crippen molar-refractivity contribution in [3.63, 3.8) is 0 Å². The van der Waals surface area contributed by atoms with Gasteiger partial charge >= 0.3 is 0 Å². The zero-order valence-corrected chi connectivity index (χ0v) is 17.3. The van der Waals surface area contributed by atoms with Crippen LogP contribution in [0.1, 0.15) is 28.1 Å². The Morgan fingerprint density at radius 2 is 1.97 bits per heavy atom. The lowest BCUT2D eigenvalue weighted by atomic mass is 10.1. The van der Waals surface area contributed by atoms with Gasteiger partial charge in [-0.15, -0.1) is 15.3 Å².